The highest BCUT2D eigenvalue weighted by Gasteiger charge is 2.19. The summed E-state index contributed by atoms with van der Waals surface area (Å²) in [7, 11) is 2.16. The molecule has 110 valence electrons. The van der Waals surface area contributed by atoms with Gasteiger partial charge >= 0.3 is 0 Å². The van der Waals surface area contributed by atoms with Crippen LogP contribution < -0.4 is 0 Å². The van der Waals surface area contributed by atoms with Gasteiger partial charge in [-0.2, -0.15) is 0 Å². The first-order valence-electron chi connectivity index (χ1n) is 7.93. The van der Waals surface area contributed by atoms with Crippen LogP contribution in [0.15, 0.2) is 18.2 Å². The zero-order valence-corrected chi connectivity index (χ0v) is 12.5. The van der Waals surface area contributed by atoms with Crippen molar-refractivity contribution in [3.05, 3.63) is 34.9 Å². The van der Waals surface area contributed by atoms with Crippen LogP contribution in [0.3, 0.4) is 0 Å². The molecule has 1 saturated heterocycles. The molecule has 0 spiro atoms. The molecule has 3 rings (SSSR count). The third kappa shape index (κ3) is 3.22. The molecule has 3 heteroatoms. The van der Waals surface area contributed by atoms with Gasteiger partial charge in [0.15, 0.2) is 0 Å². The lowest BCUT2D eigenvalue weighted by Crippen LogP contribution is -2.45. The molecule has 0 radical (unpaired) electrons. The van der Waals surface area contributed by atoms with E-state index in [1.807, 2.05) is 0 Å². The topological polar surface area (TPSA) is 26.7 Å². The van der Waals surface area contributed by atoms with E-state index in [1.54, 1.807) is 0 Å². The molecule has 3 nitrogen and oxygen atoms in total. The van der Waals surface area contributed by atoms with E-state index in [4.69, 9.17) is 0 Å². The second kappa shape index (κ2) is 6.25. The first kappa shape index (κ1) is 14.1. The third-order valence-corrected chi connectivity index (χ3v) is 4.78. The highest BCUT2D eigenvalue weighted by Crippen LogP contribution is 2.25. The summed E-state index contributed by atoms with van der Waals surface area (Å²) in [6.45, 7) is 5.12. The molecule has 2 aliphatic rings. The number of piperazine rings is 1. The Balaban J connectivity index is 1.63. The fraction of sp³-hybridized carbons (Fsp3) is 0.647. The minimum absolute atomic E-state index is 0.342. The summed E-state index contributed by atoms with van der Waals surface area (Å²) in [6.07, 6.45) is 4.67. The number of aliphatic hydroxyl groups is 1. The molecule has 0 saturated carbocycles. The summed E-state index contributed by atoms with van der Waals surface area (Å²) in [5.41, 5.74) is 4.06. The molecule has 0 amide bonds. The SMILES string of the molecule is CN1CCN(CC(O)c2ccc3c(c2)CCCC3)CC1. The Morgan fingerprint density at radius 2 is 1.75 bits per heavy atom. The fourth-order valence-electron chi connectivity index (χ4n) is 3.34. The van der Waals surface area contributed by atoms with E-state index < -0.39 is 0 Å². The molecule has 1 atom stereocenters. The number of fused-ring (bicyclic) bond motifs is 1. The number of hydrogen-bond acceptors (Lipinski definition) is 3. The summed E-state index contributed by atoms with van der Waals surface area (Å²) in [6, 6.07) is 6.61. The lowest BCUT2D eigenvalue weighted by Gasteiger charge is -2.33. The molecule has 0 bridgehead atoms. The van der Waals surface area contributed by atoms with Crippen LogP contribution >= 0.6 is 0 Å². The summed E-state index contributed by atoms with van der Waals surface area (Å²) >= 11 is 0. The predicted molar refractivity (Wildman–Crippen MR) is 82.0 cm³/mol. The van der Waals surface area contributed by atoms with E-state index in [2.05, 4.69) is 35.0 Å². The highest BCUT2D eigenvalue weighted by atomic mass is 16.3. The van der Waals surface area contributed by atoms with Crippen molar-refractivity contribution < 1.29 is 5.11 Å². The predicted octanol–water partition coefficient (Wildman–Crippen LogP) is 1.85. The van der Waals surface area contributed by atoms with Gasteiger partial charge in [0.1, 0.15) is 0 Å². The van der Waals surface area contributed by atoms with Crippen LogP contribution in [0.4, 0.5) is 0 Å². The van der Waals surface area contributed by atoms with Crippen LogP contribution in [0.25, 0.3) is 0 Å². The number of likely N-dealkylation sites (N-methyl/N-ethyl adjacent to an activating group) is 1. The van der Waals surface area contributed by atoms with Gasteiger partial charge < -0.3 is 10.0 Å². The lowest BCUT2D eigenvalue weighted by atomic mass is 9.89. The Kier molecular flexibility index (Phi) is 4.39. The Labute approximate surface area is 122 Å². The molecule has 1 fully saturated rings. The maximum Gasteiger partial charge on any atom is 0.0917 e. The zero-order valence-electron chi connectivity index (χ0n) is 12.5. The van der Waals surface area contributed by atoms with Gasteiger partial charge in [0.2, 0.25) is 0 Å². The highest BCUT2D eigenvalue weighted by molar-refractivity contribution is 5.34. The third-order valence-electron chi connectivity index (χ3n) is 4.78. The van der Waals surface area contributed by atoms with Crippen LogP contribution in [0.5, 0.6) is 0 Å². The summed E-state index contributed by atoms with van der Waals surface area (Å²) in [4.78, 5) is 4.73. The Hall–Kier alpha value is -0.900. The molecule has 1 aliphatic heterocycles. The quantitative estimate of drug-likeness (QED) is 0.911. The largest absolute Gasteiger partial charge is 0.387 e. The average Bonchev–Trinajstić information content (AvgIpc) is 2.49. The van der Waals surface area contributed by atoms with E-state index in [0.29, 0.717) is 0 Å². The summed E-state index contributed by atoms with van der Waals surface area (Å²) in [5.74, 6) is 0. The lowest BCUT2D eigenvalue weighted by molar-refractivity contribution is 0.0804. The number of rotatable bonds is 3. The second-order valence-corrected chi connectivity index (χ2v) is 6.35. The standard InChI is InChI=1S/C17H26N2O/c1-18-8-10-19(11-9-18)13-17(20)16-7-6-14-4-2-3-5-15(14)12-16/h6-7,12,17,20H,2-5,8-11,13H2,1H3. The fourth-order valence-corrected chi connectivity index (χ4v) is 3.34. The first-order chi connectivity index (χ1) is 9.72. The van der Waals surface area contributed by atoms with Gasteiger partial charge in [-0.1, -0.05) is 18.2 Å². The maximum atomic E-state index is 10.5. The van der Waals surface area contributed by atoms with Gasteiger partial charge in [-0.25, -0.2) is 0 Å². The number of β-amino-alcohol motifs (C(OH)–C–C–N with tert-alkyl or cyclic N) is 1. The van der Waals surface area contributed by atoms with Crippen molar-refractivity contribution in [2.75, 3.05) is 39.8 Å². The molecule has 1 aromatic carbocycles. The normalized spacial score (nSPS) is 22.5. The van der Waals surface area contributed by atoms with Crippen molar-refractivity contribution in [2.24, 2.45) is 0 Å². The van der Waals surface area contributed by atoms with Crippen LogP contribution in [0.2, 0.25) is 0 Å². The molecule has 20 heavy (non-hydrogen) atoms. The molecule has 1 N–H and O–H groups in total. The number of benzene rings is 1. The van der Waals surface area contributed by atoms with Crippen molar-refractivity contribution in [3.8, 4) is 0 Å². The van der Waals surface area contributed by atoms with Crippen LogP contribution in [0, 0.1) is 0 Å². The number of aryl methyl sites for hydroxylation is 2. The molecule has 1 aliphatic carbocycles. The average molecular weight is 274 g/mol. The van der Waals surface area contributed by atoms with E-state index in [1.165, 1.54) is 36.8 Å². The Morgan fingerprint density at radius 1 is 1.05 bits per heavy atom. The van der Waals surface area contributed by atoms with Crippen molar-refractivity contribution in [2.45, 2.75) is 31.8 Å². The first-order valence-corrected chi connectivity index (χ1v) is 7.93. The van der Waals surface area contributed by atoms with E-state index >= 15 is 0 Å². The van der Waals surface area contributed by atoms with Crippen molar-refractivity contribution in [1.29, 1.82) is 0 Å². The van der Waals surface area contributed by atoms with E-state index in [9.17, 15) is 5.11 Å². The zero-order chi connectivity index (χ0) is 13.9. The van der Waals surface area contributed by atoms with E-state index in [0.717, 1.165) is 38.3 Å². The summed E-state index contributed by atoms with van der Waals surface area (Å²) < 4.78 is 0. The van der Waals surface area contributed by atoms with Gasteiger partial charge in [-0.05, 0) is 49.4 Å². The number of hydrogen-bond donors (Lipinski definition) is 1. The van der Waals surface area contributed by atoms with Crippen molar-refractivity contribution in [1.82, 2.24) is 9.80 Å². The monoisotopic (exact) mass is 274 g/mol. The molecule has 1 aromatic rings. The van der Waals surface area contributed by atoms with Crippen LogP contribution in [0.1, 0.15) is 35.6 Å². The Morgan fingerprint density at radius 3 is 2.50 bits per heavy atom. The van der Waals surface area contributed by atoms with Crippen molar-refractivity contribution >= 4 is 0 Å². The Bertz CT molecular complexity index is 452. The van der Waals surface area contributed by atoms with Crippen LogP contribution in [-0.4, -0.2) is 54.7 Å². The molecule has 0 aromatic heterocycles. The van der Waals surface area contributed by atoms with E-state index in [-0.39, 0.29) is 6.10 Å². The molecule has 1 unspecified atom stereocenters. The maximum absolute atomic E-state index is 10.5. The molecular formula is C17H26N2O. The summed E-state index contributed by atoms with van der Waals surface area (Å²) in [5, 5.41) is 10.5. The second-order valence-electron chi connectivity index (χ2n) is 6.35. The molecular weight excluding hydrogens is 248 g/mol. The molecule has 1 heterocycles. The minimum atomic E-state index is -0.342. The minimum Gasteiger partial charge on any atom is -0.387 e. The number of aliphatic hydroxyl groups excluding tert-OH is 1. The smallest absolute Gasteiger partial charge is 0.0917 e. The number of nitrogens with zero attached hydrogens (tertiary/aromatic N) is 2. The van der Waals surface area contributed by atoms with Gasteiger partial charge in [-0.3, -0.25) is 4.90 Å². The van der Waals surface area contributed by atoms with Gasteiger partial charge in [0, 0.05) is 32.7 Å². The van der Waals surface area contributed by atoms with Gasteiger partial charge in [0.25, 0.3) is 0 Å². The van der Waals surface area contributed by atoms with Gasteiger partial charge in [0.05, 0.1) is 6.10 Å². The van der Waals surface area contributed by atoms with Crippen molar-refractivity contribution in [3.63, 3.8) is 0 Å². The van der Waals surface area contributed by atoms with Gasteiger partial charge in [-0.15, -0.1) is 0 Å². The van der Waals surface area contributed by atoms with Crippen LogP contribution in [-0.2, 0) is 12.8 Å².